The van der Waals surface area contributed by atoms with Gasteiger partial charge >= 0.3 is 0 Å². The van der Waals surface area contributed by atoms with Crippen molar-refractivity contribution in [3.8, 4) is 11.3 Å². The number of carbonyl (C=O) groups excluding carboxylic acids is 2. The second-order valence-corrected chi connectivity index (χ2v) is 9.62. The van der Waals surface area contributed by atoms with Crippen LogP contribution in [-0.2, 0) is 9.59 Å². The Labute approximate surface area is 181 Å². The van der Waals surface area contributed by atoms with Gasteiger partial charge in [-0.05, 0) is 39.0 Å². The Kier molecular flexibility index (Phi) is 5.04. The van der Waals surface area contributed by atoms with Crippen LogP contribution in [0.5, 0.6) is 0 Å². The number of thiazole rings is 1. The molecule has 3 aromatic rings. The highest BCUT2D eigenvalue weighted by atomic mass is 35.5. The minimum atomic E-state index is -0.426. The number of halogens is 2. The summed E-state index contributed by atoms with van der Waals surface area (Å²) in [5.74, 6) is -0.506. The lowest BCUT2D eigenvalue weighted by Crippen LogP contribution is -2.42. The van der Waals surface area contributed by atoms with E-state index in [1.54, 1.807) is 27.6 Å². The van der Waals surface area contributed by atoms with E-state index in [9.17, 15) is 9.59 Å². The maximum atomic E-state index is 12.7. The molecule has 1 aromatic carbocycles. The number of hydrogen-bond acceptors (Lipinski definition) is 5. The Morgan fingerprint density at radius 2 is 2.07 bits per heavy atom. The second kappa shape index (κ2) is 7.27. The van der Waals surface area contributed by atoms with Gasteiger partial charge in [0.15, 0.2) is 0 Å². The number of fused-ring (bicyclic) bond motifs is 1. The van der Waals surface area contributed by atoms with Gasteiger partial charge in [-0.2, -0.15) is 4.98 Å². The topological polar surface area (TPSA) is 79.6 Å². The van der Waals surface area contributed by atoms with Crippen LogP contribution in [0.15, 0.2) is 23.6 Å². The fourth-order valence-corrected chi connectivity index (χ4v) is 4.57. The van der Waals surface area contributed by atoms with Crippen LogP contribution in [0.4, 0.5) is 5.95 Å². The number of nitrogens with one attached hydrogen (secondary N) is 1. The summed E-state index contributed by atoms with van der Waals surface area (Å²) < 4.78 is 1.62. The normalized spacial score (nSPS) is 17.3. The molecule has 2 aromatic heterocycles. The molecule has 0 saturated carbocycles. The number of likely N-dealkylation sites (tertiary alicyclic amines) is 1. The molecule has 4 rings (SSSR count). The van der Waals surface area contributed by atoms with Crippen molar-refractivity contribution >= 4 is 57.3 Å². The number of hydrogen-bond donors (Lipinski definition) is 1. The Balaban J connectivity index is 1.56. The van der Waals surface area contributed by atoms with Crippen LogP contribution in [-0.4, -0.2) is 43.4 Å². The number of amides is 2. The van der Waals surface area contributed by atoms with Crippen LogP contribution in [0.1, 0.15) is 27.2 Å². The second-order valence-electron chi connectivity index (χ2n) is 7.94. The first-order valence-electron chi connectivity index (χ1n) is 9.04. The van der Waals surface area contributed by atoms with E-state index in [0.29, 0.717) is 21.6 Å². The number of aromatic nitrogens is 3. The minimum absolute atomic E-state index is 0.0192. The van der Waals surface area contributed by atoms with Crippen molar-refractivity contribution in [1.82, 2.24) is 19.5 Å². The molecular weight excluding hydrogens is 433 g/mol. The van der Waals surface area contributed by atoms with Gasteiger partial charge in [-0.3, -0.25) is 14.9 Å². The van der Waals surface area contributed by atoms with Gasteiger partial charge in [-0.25, -0.2) is 4.52 Å². The molecular formula is C19H19Cl2N5O2S. The molecule has 0 aliphatic carbocycles. The molecule has 10 heteroatoms. The van der Waals surface area contributed by atoms with E-state index < -0.39 is 5.92 Å². The molecule has 3 heterocycles. The number of rotatable bonds is 3. The van der Waals surface area contributed by atoms with Crippen molar-refractivity contribution in [2.75, 3.05) is 11.9 Å². The third kappa shape index (κ3) is 3.84. The van der Waals surface area contributed by atoms with E-state index in [2.05, 4.69) is 15.4 Å². The van der Waals surface area contributed by atoms with Crippen LogP contribution in [0, 0.1) is 5.92 Å². The molecule has 1 saturated heterocycles. The van der Waals surface area contributed by atoms with Crippen molar-refractivity contribution in [3.05, 3.63) is 33.6 Å². The van der Waals surface area contributed by atoms with Crippen LogP contribution in [0.3, 0.4) is 0 Å². The highest BCUT2D eigenvalue weighted by Gasteiger charge is 2.39. The number of anilines is 1. The fraction of sp³-hybridized carbons (Fsp3) is 0.368. The molecule has 1 aliphatic heterocycles. The standard InChI is InChI=1S/C19H19Cl2N5O2S/c1-19(2,3)25-8-10(6-15(25)27)16(28)22-17-23-18-26(24-17)14(9-29-18)12-7-11(20)4-5-13(12)21/h4-5,7,9-10H,6,8H2,1-3H3,(H,22,24,28). The lowest BCUT2D eigenvalue weighted by molar-refractivity contribution is -0.131. The van der Waals surface area contributed by atoms with Gasteiger partial charge in [0.05, 0.1) is 16.6 Å². The molecule has 2 amide bonds. The van der Waals surface area contributed by atoms with E-state index in [1.165, 1.54) is 11.3 Å². The summed E-state index contributed by atoms with van der Waals surface area (Å²) in [5, 5.41) is 10.1. The maximum Gasteiger partial charge on any atom is 0.250 e. The van der Waals surface area contributed by atoms with Crippen molar-refractivity contribution < 1.29 is 9.59 Å². The Hall–Kier alpha value is -2.16. The molecule has 0 spiro atoms. The van der Waals surface area contributed by atoms with Crippen molar-refractivity contribution in [3.63, 3.8) is 0 Å². The summed E-state index contributed by atoms with van der Waals surface area (Å²) in [5.41, 5.74) is 1.16. The summed E-state index contributed by atoms with van der Waals surface area (Å²) >= 11 is 13.8. The molecule has 0 radical (unpaired) electrons. The first kappa shape index (κ1) is 20.1. The molecule has 1 fully saturated rings. The van der Waals surface area contributed by atoms with Gasteiger partial charge in [0.25, 0.3) is 0 Å². The average Bonchev–Trinajstić information content (AvgIpc) is 3.30. The van der Waals surface area contributed by atoms with Gasteiger partial charge in [0.1, 0.15) is 0 Å². The Bertz CT molecular complexity index is 1120. The molecule has 152 valence electrons. The van der Waals surface area contributed by atoms with E-state index in [-0.39, 0.29) is 29.7 Å². The van der Waals surface area contributed by atoms with Crippen LogP contribution in [0.25, 0.3) is 16.2 Å². The van der Waals surface area contributed by atoms with Crippen LogP contribution in [0.2, 0.25) is 10.0 Å². The van der Waals surface area contributed by atoms with E-state index >= 15 is 0 Å². The summed E-state index contributed by atoms with van der Waals surface area (Å²) in [6, 6.07) is 5.20. The third-order valence-electron chi connectivity index (χ3n) is 4.83. The maximum absolute atomic E-state index is 12.7. The number of carbonyl (C=O) groups is 2. The van der Waals surface area contributed by atoms with Crippen LogP contribution < -0.4 is 5.32 Å². The highest BCUT2D eigenvalue weighted by Crippen LogP contribution is 2.33. The SMILES string of the molecule is CC(C)(C)N1CC(C(=O)Nc2nc3scc(-c4cc(Cl)ccc4Cl)n3n2)CC1=O. The average molecular weight is 452 g/mol. The molecule has 29 heavy (non-hydrogen) atoms. The zero-order chi connectivity index (χ0) is 20.9. The molecule has 1 aliphatic rings. The molecule has 1 atom stereocenters. The number of nitrogens with zero attached hydrogens (tertiary/aromatic N) is 4. The molecule has 1 N–H and O–H groups in total. The van der Waals surface area contributed by atoms with E-state index in [1.807, 2.05) is 26.2 Å². The van der Waals surface area contributed by atoms with E-state index in [0.717, 1.165) is 11.3 Å². The zero-order valence-corrected chi connectivity index (χ0v) is 18.4. The number of benzene rings is 1. The predicted molar refractivity (Wildman–Crippen MR) is 115 cm³/mol. The quantitative estimate of drug-likeness (QED) is 0.641. The molecule has 1 unspecified atom stereocenters. The van der Waals surface area contributed by atoms with Gasteiger partial charge in [0.2, 0.25) is 22.7 Å². The van der Waals surface area contributed by atoms with Gasteiger partial charge in [0, 0.05) is 34.5 Å². The summed E-state index contributed by atoms with van der Waals surface area (Å²) in [7, 11) is 0. The molecule has 0 bridgehead atoms. The van der Waals surface area contributed by atoms with Crippen molar-refractivity contribution in [2.45, 2.75) is 32.7 Å². The van der Waals surface area contributed by atoms with E-state index in [4.69, 9.17) is 23.2 Å². The third-order valence-corrected chi connectivity index (χ3v) is 6.21. The summed E-state index contributed by atoms with van der Waals surface area (Å²) in [4.78, 5) is 31.6. The highest BCUT2D eigenvalue weighted by molar-refractivity contribution is 7.15. The first-order chi connectivity index (χ1) is 13.6. The largest absolute Gasteiger partial charge is 0.337 e. The summed E-state index contributed by atoms with van der Waals surface area (Å²) in [6.07, 6.45) is 0.189. The van der Waals surface area contributed by atoms with Gasteiger partial charge < -0.3 is 4.90 Å². The monoisotopic (exact) mass is 451 g/mol. The van der Waals surface area contributed by atoms with Crippen LogP contribution >= 0.6 is 34.5 Å². The van der Waals surface area contributed by atoms with Crippen molar-refractivity contribution in [1.29, 1.82) is 0 Å². The van der Waals surface area contributed by atoms with Gasteiger partial charge in [-0.1, -0.05) is 23.2 Å². The van der Waals surface area contributed by atoms with Crippen molar-refractivity contribution in [2.24, 2.45) is 5.92 Å². The fourth-order valence-electron chi connectivity index (χ4n) is 3.36. The predicted octanol–water partition coefficient (Wildman–Crippen LogP) is 4.35. The summed E-state index contributed by atoms with van der Waals surface area (Å²) in [6.45, 7) is 6.26. The smallest absolute Gasteiger partial charge is 0.250 e. The molecule has 7 nitrogen and oxygen atoms in total. The lowest BCUT2D eigenvalue weighted by Gasteiger charge is -2.31. The Morgan fingerprint density at radius 3 is 2.76 bits per heavy atom. The Morgan fingerprint density at radius 1 is 1.31 bits per heavy atom. The first-order valence-corrected chi connectivity index (χ1v) is 10.7. The minimum Gasteiger partial charge on any atom is -0.337 e. The van der Waals surface area contributed by atoms with Gasteiger partial charge in [-0.15, -0.1) is 16.4 Å². The zero-order valence-electron chi connectivity index (χ0n) is 16.1. The lowest BCUT2D eigenvalue weighted by atomic mass is 10.1.